The predicted molar refractivity (Wildman–Crippen MR) is 71.2 cm³/mol. The van der Waals surface area contributed by atoms with Gasteiger partial charge in [-0.25, -0.2) is 0 Å². The summed E-state index contributed by atoms with van der Waals surface area (Å²) in [5.74, 6) is 0. The first-order valence-corrected chi connectivity index (χ1v) is 7.93. The maximum absolute atomic E-state index is 5.81. The van der Waals surface area contributed by atoms with Gasteiger partial charge in [0.15, 0.2) is 0 Å². The van der Waals surface area contributed by atoms with Crippen LogP contribution in [-0.2, 0) is 4.74 Å². The minimum Gasteiger partial charge on any atom is -0.377 e. The Morgan fingerprint density at radius 2 is 2.12 bits per heavy atom. The second-order valence-electron chi connectivity index (χ2n) is 5.25. The van der Waals surface area contributed by atoms with E-state index >= 15 is 0 Å². The average Bonchev–Trinajstić information content (AvgIpc) is 2.79. The molecule has 0 amide bonds. The van der Waals surface area contributed by atoms with E-state index in [2.05, 4.69) is 18.2 Å². The van der Waals surface area contributed by atoms with Gasteiger partial charge in [-0.1, -0.05) is 0 Å². The Kier molecular flexibility index (Phi) is 4.98. The fourth-order valence-corrected chi connectivity index (χ4v) is 3.74. The standard InChI is InChI=1S/C13H25NOS/c1-14(10-12-5-3-4-8-15-12)11-6-7-13(9-11)16-2/h11-13H,3-10H2,1-2H3/t11-,12-,13+/m1/s1. The summed E-state index contributed by atoms with van der Waals surface area (Å²) in [5.41, 5.74) is 0. The number of hydrogen-bond acceptors (Lipinski definition) is 3. The molecule has 1 aliphatic heterocycles. The predicted octanol–water partition coefficient (Wildman–Crippen LogP) is 2.77. The van der Waals surface area contributed by atoms with Crippen LogP contribution in [0.15, 0.2) is 0 Å². The molecule has 3 atom stereocenters. The molecule has 0 radical (unpaired) electrons. The van der Waals surface area contributed by atoms with Gasteiger partial charge in [0.2, 0.25) is 0 Å². The highest BCUT2D eigenvalue weighted by atomic mass is 32.2. The van der Waals surface area contributed by atoms with E-state index in [1.165, 1.54) is 38.5 Å². The lowest BCUT2D eigenvalue weighted by atomic mass is 10.1. The third kappa shape index (κ3) is 3.38. The minimum atomic E-state index is 0.507. The molecule has 2 fully saturated rings. The molecule has 0 bridgehead atoms. The van der Waals surface area contributed by atoms with Crippen molar-refractivity contribution in [3.05, 3.63) is 0 Å². The molecule has 0 N–H and O–H groups in total. The van der Waals surface area contributed by atoms with E-state index in [1.54, 1.807) is 0 Å². The number of likely N-dealkylation sites (N-methyl/N-ethyl adjacent to an activating group) is 1. The zero-order valence-electron chi connectivity index (χ0n) is 10.7. The van der Waals surface area contributed by atoms with Crippen molar-refractivity contribution in [2.75, 3.05) is 26.5 Å². The molecule has 2 nitrogen and oxygen atoms in total. The smallest absolute Gasteiger partial charge is 0.0702 e. The maximum atomic E-state index is 5.81. The lowest BCUT2D eigenvalue weighted by Gasteiger charge is -2.31. The van der Waals surface area contributed by atoms with Crippen molar-refractivity contribution in [2.24, 2.45) is 0 Å². The van der Waals surface area contributed by atoms with Crippen molar-refractivity contribution in [1.82, 2.24) is 4.90 Å². The average molecular weight is 243 g/mol. The highest BCUT2D eigenvalue weighted by Crippen LogP contribution is 2.31. The quantitative estimate of drug-likeness (QED) is 0.753. The number of rotatable bonds is 4. The lowest BCUT2D eigenvalue weighted by molar-refractivity contribution is -0.00766. The monoisotopic (exact) mass is 243 g/mol. The van der Waals surface area contributed by atoms with Gasteiger partial charge in [-0.3, -0.25) is 0 Å². The molecule has 1 aliphatic carbocycles. The van der Waals surface area contributed by atoms with Gasteiger partial charge in [0, 0.05) is 24.4 Å². The summed E-state index contributed by atoms with van der Waals surface area (Å²) in [6, 6.07) is 0.808. The summed E-state index contributed by atoms with van der Waals surface area (Å²) in [7, 11) is 2.28. The number of thioether (sulfide) groups is 1. The summed E-state index contributed by atoms with van der Waals surface area (Å²) in [4.78, 5) is 2.55. The maximum Gasteiger partial charge on any atom is 0.0702 e. The zero-order chi connectivity index (χ0) is 11.4. The van der Waals surface area contributed by atoms with Gasteiger partial charge in [-0.15, -0.1) is 0 Å². The normalized spacial score (nSPS) is 35.8. The molecule has 94 valence electrons. The van der Waals surface area contributed by atoms with Crippen molar-refractivity contribution in [3.8, 4) is 0 Å². The second kappa shape index (κ2) is 6.27. The molecule has 0 aromatic carbocycles. The highest BCUT2D eigenvalue weighted by Gasteiger charge is 2.28. The van der Waals surface area contributed by atoms with Crippen LogP contribution >= 0.6 is 11.8 Å². The Morgan fingerprint density at radius 1 is 1.25 bits per heavy atom. The van der Waals surface area contributed by atoms with Gasteiger partial charge in [-0.2, -0.15) is 11.8 Å². The van der Waals surface area contributed by atoms with E-state index in [0.717, 1.165) is 24.4 Å². The van der Waals surface area contributed by atoms with Crippen LogP contribution < -0.4 is 0 Å². The molecule has 0 spiro atoms. The van der Waals surface area contributed by atoms with Crippen molar-refractivity contribution < 1.29 is 4.74 Å². The molecular formula is C13H25NOS. The Hall–Kier alpha value is 0.270. The molecular weight excluding hydrogens is 218 g/mol. The summed E-state index contributed by atoms with van der Waals surface area (Å²) in [6.45, 7) is 2.13. The molecule has 1 saturated heterocycles. The summed E-state index contributed by atoms with van der Waals surface area (Å²) in [5, 5.41) is 0.903. The summed E-state index contributed by atoms with van der Waals surface area (Å²) < 4.78 is 5.81. The van der Waals surface area contributed by atoms with E-state index in [1.807, 2.05) is 11.8 Å². The molecule has 1 saturated carbocycles. The van der Waals surface area contributed by atoms with E-state index in [-0.39, 0.29) is 0 Å². The number of hydrogen-bond donors (Lipinski definition) is 0. The van der Waals surface area contributed by atoms with Gasteiger partial charge in [0.1, 0.15) is 0 Å². The van der Waals surface area contributed by atoms with Gasteiger partial charge in [0.25, 0.3) is 0 Å². The Balaban J connectivity index is 1.72. The highest BCUT2D eigenvalue weighted by molar-refractivity contribution is 7.99. The Bertz CT molecular complexity index is 206. The fourth-order valence-electron chi connectivity index (χ4n) is 2.95. The third-order valence-corrected chi connectivity index (χ3v) is 5.17. The molecule has 0 unspecified atom stereocenters. The van der Waals surface area contributed by atoms with Crippen LogP contribution in [0, 0.1) is 0 Å². The first-order chi connectivity index (χ1) is 7.79. The first kappa shape index (κ1) is 12.7. The van der Waals surface area contributed by atoms with E-state index in [9.17, 15) is 0 Å². The Labute approximate surface area is 104 Å². The largest absolute Gasteiger partial charge is 0.377 e. The van der Waals surface area contributed by atoms with Crippen LogP contribution in [-0.4, -0.2) is 48.8 Å². The lowest BCUT2D eigenvalue weighted by Crippen LogP contribution is -2.38. The molecule has 3 heteroatoms. The van der Waals surface area contributed by atoms with E-state index < -0.39 is 0 Å². The SMILES string of the molecule is CS[C@H]1CC[C@@H](N(C)C[C@H]2CCCCO2)C1. The second-order valence-corrected chi connectivity index (χ2v) is 6.39. The molecule has 16 heavy (non-hydrogen) atoms. The van der Waals surface area contributed by atoms with Crippen LogP contribution in [0.2, 0.25) is 0 Å². The van der Waals surface area contributed by atoms with Crippen molar-refractivity contribution in [2.45, 2.75) is 55.9 Å². The minimum absolute atomic E-state index is 0.507. The summed E-state index contributed by atoms with van der Waals surface area (Å²) in [6.07, 6.45) is 10.8. The topological polar surface area (TPSA) is 12.5 Å². The van der Waals surface area contributed by atoms with Gasteiger partial charge >= 0.3 is 0 Å². The van der Waals surface area contributed by atoms with Crippen LogP contribution in [0.3, 0.4) is 0 Å². The molecule has 1 heterocycles. The molecule has 2 rings (SSSR count). The van der Waals surface area contributed by atoms with Crippen molar-refractivity contribution >= 4 is 11.8 Å². The van der Waals surface area contributed by atoms with Gasteiger partial charge < -0.3 is 9.64 Å². The van der Waals surface area contributed by atoms with E-state index in [4.69, 9.17) is 4.74 Å². The van der Waals surface area contributed by atoms with Crippen LogP contribution in [0.4, 0.5) is 0 Å². The number of ether oxygens (including phenoxy) is 1. The number of nitrogens with zero attached hydrogens (tertiary/aromatic N) is 1. The molecule has 2 aliphatic rings. The molecule has 0 aromatic rings. The fraction of sp³-hybridized carbons (Fsp3) is 1.00. The van der Waals surface area contributed by atoms with Crippen LogP contribution in [0.5, 0.6) is 0 Å². The zero-order valence-corrected chi connectivity index (χ0v) is 11.5. The molecule has 0 aromatic heterocycles. The van der Waals surface area contributed by atoms with E-state index in [0.29, 0.717) is 6.10 Å². The third-order valence-electron chi connectivity index (χ3n) is 4.08. The Morgan fingerprint density at radius 3 is 2.75 bits per heavy atom. The van der Waals surface area contributed by atoms with Crippen molar-refractivity contribution in [1.29, 1.82) is 0 Å². The van der Waals surface area contributed by atoms with Gasteiger partial charge in [-0.05, 0) is 51.8 Å². The van der Waals surface area contributed by atoms with Gasteiger partial charge in [0.05, 0.1) is 6.10 Å². The van der Waals surface area contributed by atoms with Crippen molar-refractivity contribution in [3.63, 3.8) is 0 Å². The first-order valence-electron chi connectivity index (χ1n) is 6.64. The summed E-state index contributed by atoms with van der Waals surface area (Å²) >= 11 is 2.04. The van der Waals surface area contributed by atoms with Crippen LogP contribution in [0.25, 0.3) is 0 Å². The van der Waals surface area contributed by atoms with Crippen LogP contribution in [0.1, 0.15) is 38.5 Å².